The van der Waals surface area contributed by atoms with E-state index in [4.69, 9.17) is 16.0 Å². The summed E-state index contributed by atoms with van der Waals surface area (Å²) in [4.78, 5) is 0. The molecule has 0 atom stereocenters. The Balaban J connectivity index is 2.42. The van der Waals surface area contributed by atoms with Gasteiger partial charge in [0.1, 0.15) is 5.58 Å². The van der Waals surface area contributed by atoms with Gasteiger partial charge >= 0.3 is 0 Å². The molecule has 0 N–H and O–H groups in total. The molecule has 2 heteroatoms. The SMILES string of the molecule is ClCC=Cc1ccc2occc2c1. The average Bonchev–Trinajstić information content (AvgIpc) is 2.61. The van der Waals surface area contributed by atoms with Crippen molar-refractivity contribution in [1.29, 1.82) is 0 Å². The van der Waals surface area contributed by atoms with Crippen LogP contribution in [0, 0.1) is 0 Å². The fraction of sp³-hybridized carbons (Fsp3) is 0.0909. The fourth-order valence-corrected chi connectivity index (χ4v) is 1.36. The summed E-state index contributed by atoms with van der Waals surface area (Å²) in [6.45, 7) is 0. The highest BCUT2D eigenvalue weighted by molar-refractivity contribution is 6.19. The average molecular weight is 193 g/mol. The van der Waals surface area contributed by atoms with Crippen LogP contribution in [0.2, 0.25) is 0 Å². The van der Waals surface area contributed by atoms with Crippen molar-refractivity contribution in [3.05, 3.63) is 42.2 Å². The Hall–Kier alpha value is -1.21. The molecule has 2 rings (SSSR count). The maximum absolute atomic E-state index is 5.54. The molecule has 0 fully saturated rings. The molecule has 0 radical (unpaired) electrons. The third kappa shape index (κ3) is 1.76. The fourth-order valence-electron chi connectivity index (χ4n) is 1.27. The first-order valence-corrected chi connectivity index (χ1v) is 4.63. The number of halogens is 1. The van der Waals surface area contributed by atoms with E-state index in [1.165, 1.54) is 0 Å². The van der Waals surface area contributed by atoms with Crippen LogP contribution in [0.25, 0.3) is 17.0 Å². The van der Waals surface area contributed by atoms with Crippen LogP contribution in [0.5, 0.6) is 0 Å². The van der Waals surface area contributed by atoms with E-state index in [0.29, 0.717) is 5.88 Å². The van der Waals surface area contributed by atoms with E-state index in [2.05, 4.69) is 6.07 Å². The van der Waals surface area contributed by atoms with Crippen LogP contribution in [0.4, 0.5) is 0 Å². The van der Waals surface area contributed by atoms with Crippen molar-refractivity contribution in [1.82, 2.24) is 0 Å². The van der Waals surface area contributed by atoms with E-state index >= 15 is 0 Å². The second-order valence-corrected chi connectivity index (χ2v) is 3.08. The van der Waals surface area contributed by atoms with Gasteiger partial charge < -0.3 is 4.42 Å². The van der Waals surface area contributed by atoms with Gasteiger partial charge in [-0.1, -0.05) is 18.2 Å². The van der Waals surface area contributed by atoms with Gasteiger partial charge in [-0.15, -0.1) is 11.6 Å². The van der Waals surface area contributed by atoms with Crippen LogP contribution in [0.3, 0.4) is 0 Å². The molecule has 0 saturated heterocycles. The number of alkyl halides is 1. The van der Waals surface area contributed by atoms with Gasteiger partial charge in [-0.25, -0.2) is 0 Å². The summed E-state index contributed by atoms with van der Waals surface area (Å²) in [5.41, 5.74) is 2.07. The van der Waals surface area contributed by atoms with Gasteiger partial charge in [0.15, 0.2) is 0 Å². The third-order valence-electron chi connectivity index (χ3n) is 1.88. The molecule has 0 unspecified atom stereocenters. The Kier molecular flexibility index (Phi) is 2.37. The molecule has 0 aliphatic carbocycles. The van der Waals surface area contributed by atoms with E-state index in [9.17, 15) is 0 Å². The molecule has 2 aromatic rings. The Morgan fingerprint density at radius 1 is 1.31 bits per heavy atom. The first-order chi connectivity index (χ1) is 6.40. The molecule has 0 spiro atoms. The van der Waals surface area contributed by atoms with E-state index in [-0.39, 0.29) is 0 Å². The number of hydrogen-bond acceptors (Lipinski definition) is 1. The minimum absolute atomic E-state index is 0.545. The molecule has 13 heavy (non-hydrogen) atoms. The van der Waals surface area contributed by atoms with Crippen LogP contribution in [0.15, 0.2) is 41.0 Å². The zero-order valence-corrected chi connectivity index (χ0v) is 7.79. The number of benzene rings is 1. The standard InChI is InChI=1S/C11H9ClO/c12-6-1-2-9-3-4-11-10(8-9)5-7-13-11/h1-5,7-8H,6H2. The maximum Gasteiger partial charge on any atom is 0.133 e. The molecular weight excluding hydrogens is 184 g/mol. The van der Waals surface area contributed by atoms with Gasteiger partial charge in [0.2, 0.25) is 0 Å². The Labute approximate surface area is 81.6 Å². The number of rotatable bonds is 2. The highest BCUT2D eigenvalue weighted by Crippen LogP contribution is 2.17. The molecule has 1 heterocycles. The molecule has 0 aliphatic rings. The summed E-state index contributed by atoms with van der Waals surface area (Å²) in [5.74, 6) is 0.545. The van der Waals surface area contributed by atoms with Crippen LogP contribution >= 0.6 is 11.6 Å². The molecule has 66 valence electrons. The summed E-state index contributed by atoms with van der Waals surface area (Å²) in [6, 6.07) is 7.99. The van der Waals surface area contributed by atoms with Crippen molar-refractivity contribution in [2.24, 2.45) is 0 Å². The zero-order chi connectivity index (χ0) is 9.10. The Morgan fingerprint density at radius 3 is 3.08 bits per heavy atom. The molecular formula is C11H9ClO. The highest BCUT2D eigenvalue weighted by Gasteiger charge is 1.95. The monoisotopic (exact) mass is 192 g/mol. The van der Waals surface area contributed by atoms with Gasteiger partial charge in [0, 0.05) is 11.3 Å². The quantitative estimate of drug-likeness (QED) is 0.662. The second-order valence-electron chi connectivity index (χ2n) is 2.77. The molecule has 1 aromatic heterocycles. The predicted molar refractivity (Wildman–Crippen MR) is 56.0 cm³/mol. The summed E-state index contributed by atoms with van der Waals surface area (Å²) in [6.07, 6.45) is 5.61. The van der Waals surface area contributed by atoms with Crippen molar-refractivity contribution in [2.45, 2.75) is 0 Å². The van der Waals surface area contributed by atoms with E-state index in [1.54, 1.807) is 6.26 Å². The lowest BCUT2D eigenvalue weighted by atomic mass is 10.1. The first-order valence-electron chi connectivity index (χ1n) is 4.10. The third-order valence-corrected chi connectivity index (χ3v) is 2.05. The van der Waals surface area contributed by atoms with Crippen LogP contribution in [-0.2, 0) is 0 Å². The van der Waals surface area contributed by atoms with Gasteiger partial charge in [0.25, 0.3) is 0 Å². The lowest BCUT2D eigenvalue weighted by molar-refractivity contribution is 0.616. The van der Waals surface area contributed by atoms with Crippen LogP contribution < -0.4 is 0 Å². The van der Waals surface area contributed by atoms with Crippen molar-refractivity contribution < 1.29 is 4.42 Å². The zero-order valence-electron chi connectivity index (χ0n) is 7.03. The molecule has 0 bridgehead atoms. The lowest BCUT2D eigenvalue weighted by Crippen LogP contribution is -1.71. The Bertz CT molecular complexity index is 428. The number of allylic oxidation sites excluding steroid dienone is 1. The summed E-state index contributed by atoms with van der Waals surface area (Å²) < 4.78 is 5.23. The number of hydrogen-bond donors (Lipinski definition) is 0. The smallest absolute Gasteiger partial charge is 0.133 e. The second kappa shape index (κ2) is 3.67. The molecule has 0 amide bonds. The van der Waals surface area contributed by atoms with Gasteiger partial charge in [0.05, 0.1) is 6.26 Å². The topological polar surface area (TPSA) is 13.1 Å². The Morgan fingerprint density at radius 2 is 2.23 bits per heavy atom. The predicted octanol–water partition coefficient (Wildman–Crippen LogP) is 3.68. The lowest BCUT2D eigenvalue weighted by Gasteiger charge is -1.92. The van der Waals surface area contributed by atoms with Crippen molar-refractivity contribution >= 4 is 28.6 Å². The summed E-state index contributed by atoms with van der Waals surface area (Å²) in [5, 5.41) is 1.12. The van der Waals surface area contributed by atoms with Gasteiger partial charge in [-0.2, -0.15) is 0 Å². The van der Waals surface area contributed by atoms with Crippen molar-refractivity contribution in [3.8, 4) is 0 Å². The van der Waals surface area contributed by atoms with E-state index < -0.39 is 0 Å². The molecule has 0 aliphatic heterocycles. The molecule has 1 aromatic carbocycles. The number of fused-ring (bicyclic) bond motifs is 1. The maximum atomic E-state index is 5.54. The van der Waals surface area contributed by atoms with E-state index in [0.717, 1.165) is 16.5 Å². The largest absolute Gasteiger partial charge is 0.464 e. The summed E-state index contributed by atoms with van der Waals surface area (Å²) in [7, 11) is 0. The first kappa shape index (κ1) is 8.39. The molecule has 1 nitrogen and oxygen atoms in total. The normalized spacial score (nSPS) is 11.5. The molecule has 0 saturated carbocycles. The highest BCUT2D eigenvalue weighted by atomic mass is 35.5. The van der Waals surface area contributed by atoms with Crippen LogP contribution in [-0.4, -0.2) is 5.88 Å². The number of furan rings is 1. The van der Waals surface area contributed by atoms with Crippen LogP contribution in [0.1, 0.15) is 5.56 Å². The minimum Gasteiger partial charge on any atom is -0.464 e. The van der Waals surface area contributed by atoms with Gasteiger partial charge in [-0.3, -0.25) is 0 Å². The van der Waals surface area contributed by atoms with Gasteiger partial charge in [-0.05, 0) is 23.8 Å². The van der Waals surface area contributed by atoms with Crippen molar-refractivity contribution in [3.63, 3.8) is 0 Å². The summed E-state index contributed by atoms with van der Waals surface area (Å²) >= 11 is 5.54. The van der Waals surface area contributed by atoms with E-state index in [1.807, 2.05) is 30.4 Å². The van der Waals surface area contributed by atoms with Crippen molar-refractivity contribution in [2.75, 3.05) is 5.88 Å². The minimum atomic E-state index is 0.545.